The molecule has 2 aromatic rings. The van der Waals surface area contributed by atoms with Gasteiger partial charge in [0.1, 0.15) is 29.1 Å². The lowest BCUT2D eigenvalue weighted by atomic mass is 9.91. The smallest absolute Gasteiger partial charge is 0.189 e. The fourth-order valence-electron chi connectivity index (χ4n) is 10.2. The van der Waals surface area contributed by atoms with Crippen LogP contribution in [-0.4, -0.2) is 39.3 Å². The summed E-state index contributed by atoms with van der Waals surface area (Å²) in [5.74, 6) is 7.94. The number of ether oxygens (including phenoxy) is 4. The van der Waals surface area contributed by atoms with Crippen molar-refractivity contribution in [2.45, 2.75) is 232 Å². The maximum atomic E-state index is 13.2. The first kappa shape index (κ1) is 62.8. The monoisotopic (exact) mass is 947 g/mol. The Morgan fingerprint density at radius 2 is 0.765 bits per heavy atom. The van der Waals surface area contributed by atoms with Crippen molar-refractivity contribution >= 4 is 5.78 Å². The van der Waals surface area contributed by atoms with E-state index in [2.05, 4.69) is 69.2 Å². The zero-order chi connectivity index (χ0) is 51.7. The summed E-state index contributed by atoms with van der Waals surface area (Å²) in [7, 11) is 6.65. The van der Waals surface area contributed by atoms with Crippen molar-refractivity contribution in [2.24, 2.45) is 35.5 Å². The van der Waals surface area contributed by atoms with Crippen LogP contribution in [0.3, 0.4) is 0 Å². The number of benzene rings is 2. The van der Waals surface area contributed by atoms with Crippen LogP contribution in [0.1, 0.15) is 240 Å². The largest absolute Gasteiger partial charge is 0.496 e. The summed E-state index contributed by atoms with van der Waals surface area (Å²) in [6.07, 6.45) is 26.2. The van der Waals surface area contributed by atoms with Gasteiger partial charge >= 0.3 is 0 Å². The van der Waals surface area contributed by atoms with Gasteiger partial charge in [-0.05, 0) is 145 Å². The Balaban J connectivity index is 0.000000680. The Bertz CT molecular complexity index is 1830. The van der Waals surface area contributed by atoms with Gasteiger partial charge in [0.05, 0.1) is 34.0 Å². The van der Waals surface area contributed by atoms with Crippen LogP contribution in [0.5, 0.6) is 23.0 Å². The molecule has 2 rings (SSSR count). The molecule has 0 aliphatic rings. The molecule has 0 amide bonds. The minimum absolute atomic E-state index is 0.00718. The molecular weight excluding hydrogens is 841 g/mol. The van der Waals surface area contributed by atoms with Gasteiger partial charge in [-0.1, -0.05) is 163 Å². The third-order valence-electron chi connectivity index (χ3n) is 14.9. The molecule has 0 saturated carbocycles. The van der Waals surface area contributed by atoms with Crippen molar-refractivity contribution in [1.29, 1.82) is 0 Å². The molecule has 0 aromatic heterocycles. The molecule has 1 N–H and O–H groups in total. The molecule has 2 aromatic carbocycles. The van der Waals surface area contributed by atoms with E-state index in [-0.39, 0.29) is 5.78 Å². The van der Waals surface area contributed by atoms with E-state index >= 15 is 0 Å². The van der Waals surface area contributed by atoms with E-state index < -0.39 is 6.10 Å². The molecule has 6 nitrogen and oxygen atoms in total. The number of ketones is 1. The number of aliphatic hydroxyl groups is 1. The third kappa shape index (κ3) is 21.8. The van der Waals surface area contributed by atoms with E-state index in [9.17, 15) is 9.90 Å². The zero-order valence-corrected chi connectivity index (χ0v) is 47.9. The SMILES string of the molecule is COc1c(C)c(C)c(OC)c(C(=O)C=C(C)CCCC(C)CCCC(C)CCCC(C)C)c1C.COc1c(C)c(C)c(OC)c(C(O)/C=C(\C)CCCC(C)CCCC(C)CCCC(C)C)c1C. The Hall–Kier alpha value is -3.25. The number of carbonyl (C=O) groups excluding carboxylic acids is 1. The summed E-state index contributed by atoms with van der Waals surface area (Å²) in [5.41, 5.74) is 9.67. The van der Waals surface area contributed by atoms with Crippen molar-refractivity contribution in [1.82, 2.24) is 0 Å². The number of rotatable bonds is 32. The molecule has 0 spiro atoms. The number of hydrogen-bond acceptors (Lipinski definition) is 6. The van der Waals surface area contributed by atoms with Crippen LogP contribution in [0.4, 0.5) is 0 Å². The molecule has 5 atom stereocenters. The third-order valence-corrected chi connectivity index (χ3v) is 14.9. The van der Waals surface area contributed by atoms with Gasteiger partial charge in [-0.15, -0.1) is 0 Å². The normalized spacial score (nSPS) is 14.3. The molecule has 5 unspecified atom stereocenters. The van der Waals surface area contributed by atoms with Crippen LogP contribution in [0.15, 0.2) is 23.3 Å². The first-order chi connectivity index (χ1) is 32.1. The standard InChI is InChI=1S/C31H54O3.C31H52O3/c2*1-21(2)14-11-15-22(3)16-12-17-23(4)18-13-19-24(5)20-28(32)29-27(8)30(33-9)25(6)26(7)31(29)34-10/h20-23,28,32H,11-19H2,1-10H3;20-23H,11-19H2,1-10H3/b24-20+;. The van der Waals surface area contributed by atoms with Crippen molar-refractivity contribution in [3.63, 3.8) is 0 Å². The Labute approximate surface area is 420 Å². The molecule has 0 bridgehead atoms. The maximum Gasteiger partial charge on any atom is 0.189 e. The molecule has 0 heterocycles. The highest BCUT2D eigenvalue weighted by molar-refractivity contribution is 6.09. The van der Waals surface area contributed by atoms with E-state index in [1.165, 1.54) is 102 Å². The van der Waals surface area contributed by atoms with Gasteiger partial charge in [-0.25, -0.2) is 0 Å². The highest BCUT2D eigenvalue weighted by atomic mass is 16.5. The van der Waals surface area contributed by atoms with Crippen LogP contribution in [0.25, 0.3) is 0 Å². The number of carbonyl (C=O) groups is 1. The molecule has 0 fully saturated rings. The quantitative estimate of drug-likeness (QED) is 0.0447. The maximum absolute atomic E-state index is 13.2. The second-order valence-electron chi connectivity index (χ2n) is 22.2. The zero-order valence-electron chi connectivity index (χ0n) is 47.9. The van der Waals surface area contributed by atoms with E-state index in [0.29, 0.717) is 11.3 Å². The number of aliphatic hydroxyl groups excluding tert-OH is 1. The molecule has 390 valence electrons. The summed E-state index contributed by atoms with van der Waals surface area (Å²) in [6.45, 7) is 35.1. The van der Waals surface area contributed by atoms with Crippen LogP contribution in [-0.2, 0) is 0 Å². The molecular formula is C62H106O6. The highest BCUT2D eigenvalue weighted by Gasteiger charge is 2.24. The Morgan fingerprint density at radius 1 is 0.441 bits per heavy atom. The van der Waals surface area contributed by atoms with E-state index in [4.69, 9.17) is 18.9 Å². The molecule has 0 aliphatic heterocycles. The first-order valence-electron chi connectivity index (χ1n) is 27.1. The van der Waals surface area contributed by atoms with Crippen LogP contribution in [0, 0.1) is 77.0 Å². The van der Waals surface area contributed by atoms with Crippen LogP contribution in [0.2, 0.25) is 0 Å². The lowest BCUT2D eigenvalue weighted by Crippen LogP contribution is -2.08. The Kier molecular flexibility index (Phi) is 30.8. The Morgan fingerprint density at radius 3 is 1.15 bits per heavy atom. The average molecular weight is 948 g/mol. The fourth-order valence-corrected chi connectivity index (χ4v) is 10.2. The lowest BCUT2D eigenvalue weighted by molar-refractivity contribution is 0.104. The predicted octanol–water partition coefficient (Wildman–Crippen LogP) is 18.2. The molecule has 0 aliphatic carbocycles. The van der Waals surface area contributed by atoms with E-state index in [0.717, 1.165) is 117 Å². The summed E-state index contributed by atoms with van der Waals surface area (Å²) in [5, 5.41) is 11.1. The van der Waals surface area contributed by atoms with Crippen LogP contribution >= 0.6 is 0 Å². The second kappa shape index (κ2) is 33.4. The fraction of sp³-hybridized carbons (Fsp3) is 0.726. The summed E-state index contributed by atoms with van der Waals surface area (Å²) >= 11 is 0. The molecule has 0 radical (unpaired) electrons. The minimum atomic E-state index is -0.697. The topological polar surface area (TPSA) is 74.2 Å². The van der Waals surface area contributed by atoms with Gasteiger partial charge in [0.25, 0.3) is 0 Å². The molecule has 0 saturated heterocycles. The van der Waals surface area contributed by atoms with Crippen molar-refractivity contribution in [2.75, 3.05) is 28.4 Å². The van der Waals surface area contributed by atoms with Gasteiger partial charge < -0.3 is 24.1 Å². The number of allylic oxidation sites excluding steroid dienone is 3. The second-order valence-corrected chi connectivity index (χ2v) is 22.2. The minimum Gasteiger partial charge on any atom is -0.496 e. The summed E-state index contributed by atoms with van der Waals surface area (Å²) in [6, 6.07) is 0. The highest BCUT2D eigenvalue weighted by Crippen LogP contribution is 2.42. The number of hydrogen-bond donors (Lipinski definition) is 1. The summed E-state index contributed by atoms with van der Waals surface area (Å²) < 4.78 is 22.5. The van der Waals surface area contributed by atoms with Crippen molar-refractivity contribution in [3.05, 3.63) is 67.8 Å². The predicted molar refractivity (Wildman–Crippen MR) is 294 cm³/mol. The van der Waals surface area contributed by atoms with Gasteiger partial charge in [-0.2, -0.15) is 0 Å². The number of methoxy groups -OCH3 is 4. The van der Waals surface area contributed by atoms with Gasteiger partial charge in [0.2, 0.25) is 0 Å². The molecule has 68 heavy (non-hydrogen) atoms. The lowest BCUT2D eigenvalue weighted by Gasteiger charge is -2.22. The average Bonchev–Trinajstić information content (AvgIpc) is 3.26. The van der Waals surface area contributed by atoms with Crippen LogP contribution < -0.4 is 18.9 Å². The summed E-state index contributed by atoms with van der Waals surface area (Å²) in [4.78, 5) is 13.2. The first-order valence-corrected chi connectivity index (χ1v) is 27.1. The molecule has 6 heteroatoms. The van der Waals surface area contributed by atoms with E-state index in [1.807, 2.05) is 47.6 Å². The van der Waals surface area contributed by atoms with Gasteiger partial charge in [0.15, 0.2) is 5.78 Å². The van der Waals surface area contributed by atoms with Crippen molar-refractivity contribution in [3.8, 4) is 23.0 Å². The van der Waals surface area contributed by atoms with E-state index in [1.54, 1.807) is 34.5 Å². The van der Waals surface area contributed by atoms with Crippen molar-refractivity contribution < 1.29 is 28.8 Å². The van der Waals surface area contributed by atoms with Gasteiger partial charge in [-0.3, -0.25) is 4.79 Å². The van der Waals surface area contributed by atoms with Gasteiger partial charge in [0, 0.05) is 16.7 Å².